The molecule has 0 spiro atoms. The number of methoxy groups -OCH3 is 1. The minimum absolute atomic E-state index is 0.0212. The molecule has 8 rings (SSSR count). The monoisotopic (exact) mass is 843 g/mol. The van der Waals surface area contributed by atoms with Crippen molar-refractivity contribution >= 4 is 44.7 Å². The number of aryl methyl sites for hydroxylation is 1. The van der Waals surface area contributed by atoms with Crippen LogP contribution < -0.4 is 24.8 Å². The second-order valence-corrected chi connectivity index (χ2v) is 19.5. The van der Waals surface area contributed by atoms with Gasteiger partial charge in [-0.25, -0.2) is 18.2 Å². The number of hydrogen-bond acceptors (Lipinski definition) is 10. The number of nitrogens with one attached hydrogen (secondary N) is 3. The highest BCUT2D eigenvalue weighted by molar-refractivity contribution is 7.91. The number of sulfonamides is 1. The number of ether oxygens (including phenoxy) is 3. The molecule has 4 heterocycles. The summed E-state index contributed by atoms with van der Waals surface area (Å²) in [7, 11) is -2.23. The van der Waals surface area contributed by atoms with E-state index in [2.05, 4.69) is 21.4 Å². The number of nitrogens with zero attached hydrogens (tertiary/aromatic N) is 2. The number of cyclic esters (lactones) is 1. The largest absolute Gasteiger partial charge is 0.496 e. The first kappa shape index (κ1) is 41.8. The molecule has 4 fully saturated rings. The van der Waals surface area contributed by atoms with Crippen molar-refractivity contribution < 1.29 is 41.8 Å². The number of aromatic nitrogens is 1. The first-order valence-corrected chi connectivity index (χ1v) is 23.3. The van der Waals surface area contributed by atoms with Crippen LogP contribution in [0.3, 0.4) is 0 Å². The molecule has 0 radical (unpaired) electrons. The van der Waals surface area contributed by atoms with Crippen LogP contribution >= 0.6 is 0 Å². The van der Waals surface area contributed by atoms with Gasteiger partial charge in [0.05, 0.1) is 36.7 Å². The van der Waals surface area contributed by atoms with Crippen LogP contribution in [-0.2, 0) is 35.6 Å². The Bertz CT molecular complexity index is 2220. The van der Waals surface area contributed by atoms with Gasteiger partial charge in [0.2, 0.25) is 21.8 Å². The van der Waals surface area contributed by atoms with Crippen molar-refractivity contribution in [1.29, 1.82) is 0 Å². The molecule has 4 amide bonds. The van der Waals surface area contributed by atoms with Gasteiger partial charge in [-0.1, -0.05) is 75.8 Å². The number of fused-ring (bicyclic) bond motifs is 4. The molecule has 14 nitrogen and oxygen atoms in total. The second kappa shape index (κ2) is 17.6. The van der Waals surface area contributed by atoms with Gasteiger partial charge in [-0.2, -0.15) is 0 Å². The van der Waals surface area contributed by atoms with Crippen molar-refractivity contribution in [2.75, 3.05) is 20.3 Å². The molecule has 3 aliphatic heterocycles. The zero-order valence-corrected chi connectivity index (χ0v) is 35.4. The smallest absolute Gasteiger partial charge is 0.407 e. The van der Waals surface area contributed by atoms with E-state index in [0.717, 1.165) is 67.9 Å². The zero-order chi connectivity index (χ0) is 42.0. The van der Waals surface area contributed by atoms with E-state index in [9.17, 15) is 27.6 Å². The quantitative estimate of drug-likeness (QED) is 0.278. The van der Waals surface area contributed by atoms with E-state index in [1.54, 1.807) is 7.11 Å². The lowest BCUT2D eigenvalue weighted by Gasteiger charge is -2.30. The Morgan fingerprint density at radius 1 is 0.950 bits per heavy atom. The molecular formula is C45H57N5O9S. The maximum Gasteiger partial charge on any atom is 0.407 e. The molecule has 60 heavy (non-hydrogen) atoms. The molecular weight excluding hydrogens is 787 g/mol. The van der Waals surface area contributed by atoms with Crippen LogP contribution in [0.2, 0.25) is 0 Å². The Balaban J connectivity index is 1.18. The average Bonchev–Trinajstić information content (AvgIpc) is 4.17. The summed E-state index contributed by atoms with van der Waals surface area (Å²) in [5.41, 5.74) is 1.80. The number of alkyl carbamates (subject to hydrolysis) is 1. The standard InChI is InChI=1S/C45H57N5O9S/c1-28-13-11-12-16-30-21-34-37(24-39(30)57-2)46-36(29-14-7-6-8-15-29)23-40(34)59-32-22-38-41(51)48-45(43(53)49-60(55,56)33-19-20-33)25-31(45)17-9-4-3-5-10-18-35(42(52)50(38)26-32)47-44(54)58-27-28/h6-8,14-15,21,23-24,28,31-33,35,38H,3-5,9-13,16-20,22,25-27H2,1-2H3,(H,47,54)(H,48,51)(H,49,53)/t28-,31+,32-,35+,38+,45-/m1/s1. The summed E-state index contributed by atoms with van der Waals surface area (Å²) in [6, 6.07) is 13.6. The van der Waals surface area contributed by atoms with Crippen molar-refractivity contribution in [2.45, 2.75) is 132 Å². The SMILES string of the molecule is COc1cc2nc(-c3ccccc3)cc3c2cc1CCCC[C@@H](C)COC(=O)N[C@H]1CCCCCCC[C@H]2C[C@@]2(C(=O)NS(=O)(=O)C2CC2)NC(=O)[C@@H]2C[C@H](CN2C1=O)O3. The van der Waals surface area contributed by atoms with Gasteiger partial charge >= 0.3 is 6.09 Å². The van der Waals surface area contributed by atoms with Gasteiger partial charge in [-0.05, 0) is 74.8 Å². The fraction of sp³-hybridized carbons (Fsp3) is 0.578. The number of carbonyl (C=O) groups is 4. The highest BCUT2D eigenvalue weighted by atomic mass is 32.2. The van der Waals surface area contributed by atoms with Gasteiger partial charge in [-0.3, -0.25) is 19.1 Å². The molecule has 2 saturated heterocycles. The zero-order valence-electron chi connectivity index (χ0n) is 34.6. The summed E-state index contributed by atoms with van der Waals surface area (Å²) in [6.45, 7) is 2.25. The van der Waals surface area contributed by atoms with Crippen molar-refractivity contribution in [1.82, 2.24) is 25.2 Å². The van der Waals surface area contributed by atoms with E-state index in [-0.39, 0.29) is 31.4 Å². The molecule has 3 aromatic rings. The Kier molecular flexibility index (Phi) is 12.3. The normalized spacial score (nSPS) is 28.3. The topological polar surface area (TPSA) is 182 Å². The number of rotatable bonds is 5. The van der Waals surface area contributed by atoms with Crippen molar-refractivity contribution in [3.63, 3.8) is 0 Å². The third-order valence-electron chi connectivity index (χ3n) is 13.0. The van der Waals surface area contributed by atoms with Gasteiger partial charge in [0, 0.05) is 29.5 Å². The second-order valence-electron chi connectivity index (χ2n) is 17.6. The minimum Gasteiger partial charge on any atom is -0.496 e. The van der Waals surface area contributed by atoms with Gasteiger partial charge in [-0.15, -0.1) is 0 Å². The minimum atomic E-state index is -3.88. The molecule has 1 aromatic heterocycles. The number of benzene rings is 2. The summed E-state index contributed by atoms with van der Waals surface area (Å²) in [4.78, 5) is 63.2. The number of carbonyl (C=O) groups excluding carboxylic acids is 4. The maximum absolute atomic E-state index is 14.8. The maximum atomic E-state index is 14.8. The van der Waals surface area contributed by atoms with Crippen LogP contribution in [0.4, 0.5) is 4.79 Å². The molecule has 5 bridgehead atoms. The average molecular weight is 844 g/mol. The Labute approximate surface area is 351 Å². The van der Waals surface area contributed by atoms with E-state index >= 15 is 0 Å². The predicted molar refractivity (Wildman–Crippen MR) is 225 cm³/mol. The summed E-state index contributed by atoms with van der Waals surface area (Å²) >= 11 is 0. The molecule has 5 aliphatic rings. The number of hydrogen-bond donors (Lipinski definition) is 3. The van der Waals surface area contributed by atoms with Crippen LogP contribution in [-0.4, -0.2) is 91.4 Å². The van der Waals surface area contributed by atoms with E-state index in [1.807, 2.05) is 49.4 Å². The van der Waals surface area contributed by atoms with E-state index < -0.39 is 62.8 Å². The van der Waals surface area contributed by atoms with Crippen LogP contribution in [0.15, 0.2) is 48.5 Å². The van der Waals surface area contributed by atoms with E-state index in [0.29, 0.717) is 61.2 Å². The first-order valence-electron chi connectivity index (χ1n) is 21.8. The molecule has 3 N–H and O–H groups in total. The summed E-state index contributed by atoms with van der Waals surface area (Å²) in [6.07, 6.45) is 8.43. The van der Waals surface area contributed by atoms with E-state index in [1.165, 1.54) is 4.90 Å². The number of amides is 4. The van der Waals surface area contributed by atoms with Gasteiger partial charge in [0.1, 0.15) is 35.2 Å². The lowest BCUT2D eigenvalue weighted by Crippen LogP contribution is -2.58. The van der Waals surface area contributed by atoms with Gasteiger partial charge in [0.25, 0.3) is 5.91 Å². The lowest BCUT2D eigenvalue weighted by atomic mass is 9.99. The van der Waals surface area contributed by atoms with Crippen molar-refractivity contribution in [3.05, 3.63) is 54.1 Å². The highest BCUT2D eigenvalue weighted by Crippen LogP contribution is 2.48. The highest BCUT2D eigenvalue weighted by Gasteiger charge is 2.62. The van der Waals surface area contributed by atoms with Crippen molar-refractivity contribution in [2.24, 2.45) is 11.8 Å². The summed E-state index contributed by atoms with van der Waals surface area (Å²) in [5, 5.41) is 5.98. The Hall–Kier alpha value is -4.92. The summed E-state index contributed by atoms with van der Waals surface area (Å²) in [5.74, 6) is -0.653. The fourth-order valence-corrected chi connectivity index (χ4v) is 10.6. The molecule has 0 unspecified atom stereocenters. The molecule has 6 atom stereocenters. The van der Waals surface area contributed by atoms with Crippen LogP contribution in [0, 0.1) is 11.8 Å². The molecule has 15 heteroatoms. The Morgan fingerprint density at radius 2 is 1.70 bits per heavy atom. The molecule has 322 valence electrons. The summed E-state index contributed by atoms with van der Waals surface area (Å²) < 4.78 is 46.7. The number of pyridine rings is 1. The van der Waals surface area contributed by atoms with Crippen LogP contribution in [0.25, 0.3) is 22.2 Å². The fourth-order valence-electron chi connectivity index (χ4n) is 9.23. The molecule has 2 aromatic carbocycles. The van der Waals surface area contributed by atoms with E-state index in [4.69, 9.17) is 19.2 Å². The molecule has 2 aliphatic carbocycles. The third-order valence-corrected chi connectivity index (χ3v) is 14.8. The Morgan fingerprint density at radius 3 is 2.47 bits per heavy atom. The van der Waals surface area contributed by atoms with Crippen LogP contribution in [0.1, 0.15) is 102 Å². The van der Waals surface area contributed by atoms with Gasteiger partial charge in [0.15, 0.2) is 0 Å². The predicted octanol–water partition coefficient (Wildman–Crippen LogP) is 5.94. The van der Waals surface area contributed by atoms with Gasteiger partial charge < -0.3 is 29.7 Å². The third kappa shape index (κ3) is 9.20. The van der Waals surface area contributed by atoms with Crippen molar-refractivity contribution in [3.8, 4) is 22.8 Å². The molecule has 2 saturated carbocycles. The van der Waals surface area contributed by atoms with Crippen LogP contribution in [0.5, 0.6) is 11.5 Å². The first-order chi connectivity index (χ1) is 28.9. The lowest BCUT2D eigenvalue weighted by molar-refractivity contribution is -0.141.